The maximum Gasteiger partial charge on any atom is 0.174 e. The zero-order valence-corrected chi connectivity index (χ0v) is 8.01. The molecule has 0 aliphatic carbocycles. The summed E-state index contributed by atoms with van der Waals surface area (Å²) in [7, 11) is 0. The van der Waals surface area contributed by atoms with Crippen molar-refractivity contribution in [2.75, 3.05) is 0 Å². The first-order valence-electron chi connectivity index (χ1n) is 3.97. The molecule has 0 spiro atoms. The van der Waals surface area contributed by atoms with Gasteiger partial charge in [-0.2, -0.15) is 5.21 Å². The van der Waals surface area contributed by atoms with Crippen molar-refractivity contribution < 1.29 is 0 Å². The van der Waals surface area contributed by atoms with Gasteiger partial charge in [0.15, 0.2) is 5.82 Å². The average Bonchev–Trinajstić information content (AvgIpc) is 2.72. The molecule has 2 aromatic heterocycles. The minimum absolute atomic E-state index is 0.757. The van der Waals surface area contributed by atoms with Crippen LogP contribution >= 0.6 is 11.3 Å². The van der Waals surface area contributed by atoms with Crippen LogP contribution in [0.15, 0.2) is 5.51 Å². The third kappa shape index (κ3) is 1.89. The van der Waals surface area contributed by atoms with E-state index in [0.717, 1.165) is 24.4 Å². The molecule has 0 aliphatic rings. The number of aromatic amines is 1. The summed E-state index contributed by atoms with van der Waals surface area (Å²) >= 11 is 1.67. The van der Waals surface area contributed by atoms with Gasteiger partial charge in [-0.1, -0.05) is 5.21 Å². The molecule has 0 aliphatic heterocycles. The normalized spacial score (nSPS) is 10.5. The molecular formula is C7H9N5S. The number of nitrogens with one attached hydrogen (secondary N) is 1. The van der Waals surface area contributed by atoms with Gasteiger partial charge in [0.25, 0.3) is 0 Å². The molecule has 68 valence electrons. The highest BCUT2D eigenvalue weighted by atomic mass is 32.1. The molecule has 2 rings (SSSR count). The summed E-state index contributed by atoms with van der Waals surface area (Å²) < 4.78 is 0. The second kappa shape index (κ2) is 3.61. The molecule has 0 aromatic carbocycles. The van der Waals surface area contributed by atoms with E-state index in [1.54, 1.807) is 11.3 Å². The van der Waals surface area contributed by atoms with E-state index in [4.69, 9.17) is 0 Å². The number of rotatable bonds is 3. The van der Waals surface area contributed by atoms with Crippen LogP contribution in [0.4, 0.5) is 0 Å². The minimum atomic E-state index is 0.757. The van der Waals surface area contributed by atoms with Gasteiger partial charge in [0.1, 0.15) is 0 Å². The maximum absolute atomic E-state index is 4.17. The van der Waals surface area contributed by atoms with Crippen LogP contribution in [0.1, 0.15) is 16.4 Å². The van der Waals surface area contributed by atoms with Crippen LogP contribution in [0.25, 0.3) is 0 Å². The smallest absolute Gasteiger partial charge is 0.174 e. The summed E-state index contributed by atoms with van der Waals surface area (Å²) in [6, 6.07) is 0. The van der Waals surface area contributed by atoms with Crippen molar-refractivity contribution in [3.63, 3.8) is 0 Å². The second-order valence-electron chi connectivity index (χ2n) is 2.69. The predicted octanol–water partition coefficient (Wildman–Crippen LogP) is 0.750. The SMILES string of the molecule is Cc1ncsc1CCc1nn[nH]n1. The maximum atomic E-state index is 4.17. The Morgan fingerprint density at radius 2 is 2.38 bits per heavy atom. The molecule has 5 nitrogen and oxygen atoms in total. The van der Waals surface area contributed by atoms with Gasteiger partial charge in [-0.3, -0.25) is 0 Å². The van der Waals surface area contributed by atoms with Crippen molar-refractivity contribution in [3.8, 4) is 0 Å². The zero-order valence-electron chi connectivity index (χ0n) is 7.19. The highest BCUT2D eigenvalue weighted by molar-refractivity contribution is 7.09. The lowest BCUT2D eigenvalue weighted by Crippen LogP contribution is -1.93. The minimum Gasteiger partial charge on any atom is -0.250 e. The zero-order chi connectivity index (χ0) is 9.10. The first-order valence-corrected chi connectivity index (χ1v) is 4.85. The van der Waals surface area contributed by atoms with Crippen molar-refractivity contribution in [2.45, 2.75) is 19.8 Å². The van der Waals surface area contributed by atoms with Gasteiger partial charge < -0.3 is 0 Å². The second-order valence-corrected chi connectivity index (χ2v) is 3.63. The monoisotopic (exact) mass is 195 g/mol. The van der Waals surface area contributed by atoms with E-state index >= 15 is 0 Å². The third-order valence-electron chi connectivity index (χ3n) is 1.81. The summed E-state index contributed by atoms with van der Waals surface area (Å²) in [5, 5.41) is 13.7. The highest BCUT2D eigenvalue weighted by Crippen LogP contribution is 2.13. The number of H-pyrrole nitrogens is 1. The van der Waals surface area contributed by atoms with E-state index in [1.807, 2.05) is 12.4 Å². The molecule has 13 heavy (non-hydrogen) atoms. The van der Waals surface area contributed by atoms with Crippen molar-refractivity contribution in [3.05, 3.63) is 21.9 Å². The molecule has 0 radical (unpaired) electrons. The number of aryl methyl sites for hydroxylation is 3. The summed E-state index contributed by atoms with van der Waals surface area (Å²) in [5.74, 6) is 0.757. The van der Waals surface area contributed by atoms with Gasteiger partial charge >= 0.3 is 0 Å². The van der Waals surface area contributed by atoms with Crippen molar-refractivity contribution in [2.24, 2.45) is 0 Å². The fraction of sp³-hybridized carbons (Fsp3) is 0.429. The van der Waals surface area contributed by atoms with Crippen LogP contribution in [-0.4, -0.2) is 25.6 Å². The Balaban J connectivity index is 1.97. The molecule has 2 aromatic rings. The third-order valence-corrected chi connectivity index (χ3v) is 2.80. The molecular weight excluding hydrogens is 186 g/mol. The topological polar surface area (TPSA) is 67.3 Å². The number of aromatic nitrogens is 5. The van der Waals surface area contributed by atoms with E-state index in [1.165, 1.54) is 4.88 Å². The Hall–Kier alpha value is -1.30. The quantitative estimate of drug-likeness (QED) is 0.784. The first kappa shape index (κ1) is 8.31. The van der Waals surface area contributed by atoms with Crippen molar-refractivity contribution in [1.29, 1.82) is 0 Å². The van der Waals surface area contributed by atoms with Crippen LogP contribution in [-0.2, 0) is 12.8 Å². The average molecular weight is 195 g/mol. The molecule has 0 saturated heterocycles. The first-order chi connectivity index (χ1) is 6.36. The summed E-state index contributed by atoms with van der Waals surface area (Å²) in [4.78, 5) is 5.47. The Kier molecular flexibility index (Phi) is 2.31. The lowest BCUT2D eigenvalue weighted by Gasteiger charge is -1.93. The lowest BCUT2D eigenvalue weighted by molar-refractivity contribution is 0.867. The van der Waals surface area contributed by atoms with E-state index < -0.39 is 0 Å². The highest BCUT2D eigenvalue weighted by Gasteiger charge is 2.03. The standard InChI is InChI=1S/C7H9N5S/c1-5-6(13-4-8-5)2-3-7-9-11-12-10-7/h4H,2-3H2,1H3,(H,9,10,11,12). The Labute approximate surface area is 79.2 Å². The Morgan fingerprint density at radius 3 is 3.00 bits per heavy atom. The molecule has 0 bridgehead atoms. The lowest BCUT2D eigenvalue weighted by atomic mass is 10.2. The molecule has 0 atom stereocenters. The van der Waals surface area contributed by atoms with Gasteiger partial charge in [0.05, 0.1) is 11.2 Å². The number of hydrogen-bond donors (Lipinski definition) is 1. The van der Waals surface area contributed by atoms with Gasteiger partial charge in [-0.25, -0.2) is 4.98 Å². The number of nitrogens with zero attached hydrogens (tertiary/aromatic N) is 4. The number of tetrazole rings is 1. The number of thiazole rings is 1. The molecule has 1 N–H and O–H groups in total. The molecule has 0 unspecified atom stereocenters. The van der Waals surface area contributed by atoms with Gasteiger partial charge in [-0.05, 0) is 13.3 Å². The van der Waals surface area contributed by atoms with Crippen LogP contribution in [0.2, 0.25) is 0 Å². The summed E-state index contributed by atoms with van der Waals surface area (Å²) in [6.45, 7) is 2.02. The molecule has 0 saturated carbocycles. The van der Waals surface area contributed by atoms with Gasteiger partial charge in [0.2, 0.25) is 0 Å². The van der Waals surface area contributed by atoms with Crippen LogP contribution in [0.3, 0.4) is 0 Å². The van der Waals surface area contributed by atoms with Crippen LogP contribution in [0, 0.1) is 6.92 Å². The van der Waals surface area contributed by atoms with Crippen molar-refractivity contribution in [1.82, 2.24) is 25.6 Å². The van der Waals surface area contributed by atoms with Crippen LogP contribution in [0.5, 0.6) is 0 Å². The number of hydrogen-bond acceptors (Lipinski definition) is 5. The molecule has 0 fully saturated rings. The van der Waals surface area contributed by atoms with E-state index in [2.05, 4.69) is 25.6 Å². The van der Waals surface area contributed by atoms with Gasteiger partial charge in [-0.15, -0.1) is 21.5 Å². The predicted molar refractivity (Wildman–Crippen MR) is 48.4 cm³/mol. The molecule has 0 amide bonds. The van der Waals surface area contributed by atoms with Crippen molar-refractivity contribution >= 4 is 11.3 Å². The summed E-state index contributed by atoms with van der Waals surface area (Å²) in [5.41, 5.74) is 2.97. The van der Waals surface area contributed by atoms with E-state index in [9.17, 15) is 0 Å². The Morgan fingerprint density at radius 1 is 1.46 bits per heavy atom. The fourth-order valence-corrected chi connectivity index (χ4v) is 1.86. The van der Waals surface area contributed by atoms with Gasteiger partial charge in [0, 0.05) is 11.3 Å². The molecule has 2 heterocycles. The Bertz CT molecular complexity index is 366. The fourth-order valence-electron chi connectivity index (χ4n) is 1.08. The molecule has 6 heteroatoms. The summed E-state index contributed by atoms with van der Waals surface area (Å²) in [6.07, 6.45) is 1.76. The van der Waals surface area contributed by atoms with E-state index in [-0.39, 0.29) is 0 Å². The largest absolute Gasteiger partial charge is 0.250 e. The van der Waals surface area contributed by atoms with Crippen LogP contribution < -0.4 is 0 Å². The van der Waals surface area contributed by atoms with E-state index in [0.29, 0.717) is 0 Å².